The van der Waals surface area contributed by atoms with Crippen LogP contribution in [0.1, 0.15) is 11.3 Å². The third-order valence-electron chi connectivity index (χ3n) is 1.70. The topological polar surface area (TPSA) is 25.2 Å². The van der Waals surface area contributed by atoms with Crippen LogP contribution in [0.3, 0.4) is 0 Å². The molecule has 0 aliphatic carbocycles. The summed E-state index contributed by atoms with van der Waals surface area (Å²) in [6, 6.07) is 4.07. The van der Waals surface area contributed by atoms with E-state index >= 15 is 0 Å². The quantitative estimate of drug-likeness (QED) is 0.601. The highest BCUT2D eigenvalue weighted by molar-refractivity contribution is 9.10. The van der Waals surface area contributed by atoms with Gasteiger partial charge in [-0.25, -0.2) is 4.98 Å². The van der Waals surface area contributed by atoms with Crippen molar-refractivity contribution in [3.05, 3.63) is 28.0 Å². The lowest BCUT2D eigenvalue weighted by molar-refractivity contribution is 0.932. The van der Waals surface area contributed by atoms with Crippen molar-refractivity contribution in [3.63, 3.8) is 0 Å². The van der Waals surface area contributed by atoms with Gasteiger partial charge in [-0.2, -0.15) is 0 Å². The molecular weight excluding hydrogens is 204 g/mol. The molecule has 0 saturated carbocycles. The Labute approximate surface area is 73.5 Å². The van der Waals surface area contributed by atoms with Gasteiger partial charge in [-0.3, -0.25) is 4.99 Å². The summed E-state index contributed by atoms with van der Waals surface area (Å²) in [4.78, 5) is 8.43. The summed E-state index contributed by atoms with van der Waals surface area (Å²) < 4.78 is 0.879. The summed E-state index contributed by atoms with van der Waals surface area (Å²) >= 11 is 3.32. The zero-order valence-corrected chi connectivity index (χ0v) is 7.50. The van der Waals surface area contributed by atoms with Crippen molar-refractivity contribution < 1.29 is 0 Å². The summed E-state index contributed by atoms with van der Waals surface area (Å²) in [5.41, 5.74) is 2.30. The van der Waals surface area contributed by atoms with E-state index in [0.717, 1.165) is 23.3 Å². The van der Waals surface area contributed by atoms with E-state index in [1.165, 1.54) is 5.56 Å². The second kappa shape index (κ2) is 2.74. The molecule has 56 valence electrons. The first-order valence-electron chi connectivity index (χ1n) is 3.51. The zero-order chi connectivity index (χ0) is 7.68. The van der Waals surface area contributed by atoms with E-state index < -0.39 is 0 Å². The van der Waals surface area contributed by atoms with Crippen LogP contribution in [0.5, 0.6) is 0 Å². The van der Waals surface area contributed by atoms with Crippen LogP contribution < -0.4 is 0 Å². The van der Waals surface area contributed by atoms with Gasteiger partial charge in [0.2, 0.25) is 0 Å². The summed E-state index contributed by atoms with van der Waals surface area (Å²) in [5.74, 6) is 0. The Morgan fingerprint density at radius 2 is 2.27 bits per heavy atom. The van der Waals surface area contributed by atoms with E-state index in [4.69, 9.17) is 0 Å². The largest absolute Gasteiger partial charge is 0.291 e. The first-order chi connectivity index (χ1) is 5.36. The summed E-state index contributed by atoms with van der Waals surface area (Å²) in [6.07, 6.45) is 2.86. The smallest absolute Gasteiger partial charge is 0.106 e. The Morgan fingerprint density at radius 3 is 3.18 bits per heavy atom. The molecule has 2 rings (SSSR count). The van der Waals surface area contributed by atoms with Crippen LogP contribution in [0.2, 0.25) is 0 Å². The number of nitrogens with zero attached hydrogens (tertiary/aromatic N) is 2. The summed E-state index contributed by atoms with van der Waals surface area (Å²) in [6.45, 7) is 0.899. The molecule has 0 saturated heterocycles. The van der Waals surface area contributed by atoms with Crippen molar-refractivity contribution in [2.24, 2.45) is 4.99 Å². The molecule has 0 aromatic carbocycles. The lowest BCUT2D eigenvalue weighted by Crippen LogP contribution is -2.04. The van der Waals surface area contributed by atoms with E-state index in [1.54, 1.807) is 0 Å². The number of hydrogen-bond donors (Lipinski definition) is 0. The number of aliphatic imine (C=N–C) groups is 1. The predicted molar refractivity (Wildman–Crippen MR) is 48.1 cm³/mol. The second-order valence-electron chi connectivity index (χ2n) is 2.46. The molecule has 0 bridgehead atoms. The third kappa shape index (κ3) is 1.33. The van der Waals surface area contributed by atoms with E-state index in [9.17, 15) is 0 Å². The van der Waals surface area contributed by atoms with Gasteiger partial charge in [0, 0.05) is 12.8 Å². The maximum atomic E-state index is 4.28. The molecule has 2 nitrogen and oxygen atoms in total. The van der Waals surface area contributed by atoms with Crippen molar-refractivity contribution in [1.82, 2.24) is 4.98 Å². The fourth-order valence-electron chi connectivity index (χ4n) is 1.14. The van der Waals surface area contributed by atoms with Gasteiger partial charge < -0.3 is 0 Å². The van der Waals surface area contributed by atoms with Crippen molar-refractivity contribution in [3.8, 4) is 0 Å². The number of rotatable bonds is 0. The van der Waals surface area contributed by atoms with Gasteiger partial charge in [0.25, 0.3) is 0 Å². The average molecular weight is 211 g/mol. The van der Waals surface area contributed by atoms with Crippen LogP contribution in [0.15, 0.2) is 21.7 Å². The van der Waals surface area contributed by atoms with Crippen LogP contribution in [0.4, 0.5) is 0 Å². The van der Waals surface area contributed by atoms with Gasteiger partial charge in [-0.15, -0.1) is 0 Å². The molecule has 0 amide bonds. The van der Waals surface area contributed by atoms with Crippen molar-refractivity contribution in [2.75, 3.05) is 6.54 Å². The zero-order valence-electron chi connectivity index (χ0n) is 5.92. The summed E-state index contributed by atoms with van der Waals surface area (Å²) in [7, 11) is 0. The second-order valence-corrected chi connectivity index (χ2v) is 3.28. The molecule has 1 aliphatic heterocycles. The van der Waals surface area contributed by atoms with Gasteiger partial charge in [-0.05, 0) is 34.0 Å². The molecule has 0 fully saturated rings. The van der Waals surface area contributed by atoms with E-state index in [2.05, 4.69) is 32.0 Å². The van der Waals surface area contributed by atoms with E-state index in [1.807, 2.05) is 12.3 Å². The van der Waals surface area contributed by atoms with Gasteiger partial charge in [0.05, 0.1) is 5.69 Å². The third-order valence-corrected chi connectivity index (χ3v) is 2.14. The van der Waals surface area contributed by atoms with Gasteiger partial charge in [0.1, 0.15) is 4.60 Å². The van der Waals surface area contributed by atoms with Crippen LogP contribution >= 0.6 is 15.9 Å². The Bertz CT molecular complexity index is 307. The highest BCUT2D eigenvalue weighted by atomic mass is 79.9. The number of hydrogen-bond acceptors (Lipinski definition) is 2. The molecule has 1 aromatic heterocycles. The number of halogens is 1. The van der Waals surface area contributed by atoms with Crippen LogP contribution in [0, 0.1) is 0 Å². The van der Waals surface area contributed by atoms with Crippen LogP contribution in [0.25, 0.3) is 0 Å². The fourth-order valence-corrected chi connectivity index (χ4v) is 1.46. The predicted octanol–water partition coefficient (Wildman–Crippen LogP) is 1.82. The normalized spacial score (nSPS) is 14.6. The highest BCUT2D eigenvalue weighted by Crippen LogP contribution is 2.13. The van der Waals surface area contributed by atoms with Crippen LogP contribution in [-0.2, 0) is 6.42 Å². The van der Waals surface area contributed by atoms with Crippen molar-refractivity contribution in [1.29, 1.82) is 0 Å². The Hall–Kier alpha value is -0.700. The molecule has 0 spiro atoms. The van der Waals surface area contributed by atoms with Crippen molar-refractivity contribution >= 4 is 22.1 Å². The summed E-state index contributed by atoms with van der Waals surface area (Å²) in [5, 5.41) is 0. The minimum atomic E-state index is 0.879. The minimum absolute atomic E-state index is 0.879. The molecule has 0 N–H and O–H groups in total. The Balaban J connectivity index is 2.54. The molecule has 2 heterocycles. The SMILES string of the molecule is Brc1ccc2c(n1)C=NCC2. The maximum absolute atomic E-state index is 4.28. The molecule has 0 unspecified atom stereocenters. The maximum Gasteiger partial charge on any atom is 0.106 e. The van der Waals surface area contributed by atoms with Crippen molar-refractivity contribution in [2.45, 2.75) is 6.42 Å². The minimum Gasteiger partial charge on any atom is -0.291 e. The first-order valence-corrected chi connectivity index (χ1v) is 4.31. The van der Waals surface area contributed by atoms with E-state index in [0.29, 0.717) is 0 Å². The molecule has 0 atom stereocenters. The lowest BCUT2D eigenvalue weighted by Gasteiger charge is -2.07. The molecule has 1 aliphatic rings. The van der Waals surface area contributed by atoms with Crippen LogP contribution in [-0.4, -0.2) is 17.7 Å². The van der Waals surface area contributed by atoms with Gasteiger partial charge >= 0.3 is 0 Å². The highest BCUT2D eigenvalue weighted by Gasteiger charge is 2.05. The standard InChI is InChI=1S/C8H7BrN2/c9-8-2-1-6-3-4-10-5-7(6)11-8/h1-2,5H,3-4H2. The van der Waals surface area contributed by atoms with Gasteiger partial charge in [0.15, 0.2) is 0 Å². The van der Waals surface area contributed by atoms with E-state index in [-0.39, 0.29) is 0 Å². The molecule has 3 heteroatoms. The lowest BCUT2D eigenvalue weighted by atomic mass is 10.1. The number of aromatic nitrogens is 1. The Morgan fingerprint density at radius 1 is 1.36 bits per heavy atom. The number of fused-ring (bicyclic) bond motifs is 1. The monoisotopic (exact) mass is 210 g/mol. The molecular formula is C8H7BrN2. The molecule has 1 aromatic rings. The molecule has 11 heavy (non-hydrogen) atoms. The fraction of sp³-hybridized carbons (Fsp3) is 0.250. The first kappa shape index (κ1) is 6.98. The molecule has 0 radical (unpaired) electrons. The Kier molecular flexibility index (Phi) is 1.74. The number of pyridine rings is 1. The average Bonchev–Trinajstić information content (AvgIpc) is 2.04. The van der Waals surface area contributed by atoms with Gasteiger partial charge in [-0.1, -0.05) is 6.07 Å².